The predicted octanol–water partition coefficient (Wildman–Crippen LogP) is 4.47. The van der Waals surface area contributed by atoms with Crippen molar-refractivity contribution >= 4 is 17.3 Å². The molecule has 2 rings (SSSR count). The van der Waals surface area contributed by atoms with Gasteiger partial charge in [0.1, 0.15) is 0 Å². The highest BCUT2D eigenvalue weighted by atomic mass is 35.5. The van der Waals surface area contributed by atoms with Gasteiger partial charge >= 0.3 is 0 Å². The van der Waals surface area contributed by atoms with Crippen LogP contribution >= 0.6 is 11.6 Å². The largest absolute Gasteiger partial charge is 0.371 e. The molecule has 0 aliphatic carbocycles. The Hall–Kier alpha value is -0.730. The number of benzene rings is 1. The fourth-order valence-electron chi connectivity index (χ4n) is 3.13. The van der Waals surface area contributed by atoms with Gasteiger partial charge in [0.05, 0.1) is 0 Å². The predicted molar refractivity (Wildman–Crippen MR) is 88.7 cm³/mol. The summed E-state index contributed by atoms with van der Waals surface area (Å²) >= 11 is 6.15. The summed E-state index contributed by atoms with van der Waals surface area (Å²) in [6.07, 6.45) is 5.37. The molecule has 1 aliphatic heterocycles. The first-order valence-electron chi connectivity index (χ1n) is 7.98. The van der Waals surface area contributed by atoms with Crippen LogP contribution in [0.15, 0.2) is 18.2 Å². The van der Waals surface area contributed by atoms with Gasteiger partial charge in [-0.25, -0.2) is 0 Å². The number of nitrogens with one attached hydrogen (secondary N) is 1. The summed E-state index contributed by atoms with van der Waals surface area (Å²) in [5.74, 6) is 0.931. The molecule has 0 aromatic heterocycles. The summed E-state index contributed by atoms with van der Waals surface area (Å²) in [4.78, 5) is 2.54. The average Bonchev–Trinajstić information content (AvgIpc) is 2.47. The molecule has 1 aromatic rings. The van der Waals surface area contributed by atoms with Crippen molar-refractivity contribution in [3.05, 3.63) is 28.8 Å². The lowest BCUT2D eigenvalue weighted by molar-refractivity contribution is 0.378. The second-order valence-corrected chi connectivity index (χ2v) is 6.21. The first kappa shape index (κ1) is 15.7. The van der Waals surface area contributed by atoms with Crippen LogP contribution in [0.5, 0.6) is 0 Å². The smallest absolute Gasteiger partial charge is 0.0412 e. The quantitative estimate of drug-likeness (QED) is 0.833. The molecule has 112 valence electrons. The number of anilines is 1. The Morgan fingerprint density at radius 2 is 2.00 bits per heavy atom. The summed E-state index contributed by atoms with van der Waals surface area (Å²) in [6.45, 7) is 8.70. The minimum Gasteiger partial charge on any atom is -0.371 e. The van der Waals surface area contributed by atoms with E-state index in [1.54, 1.807) is 0 Å². The molecule has 3 heteroatoms. The Balaban J connectivity index is 2.04. The van der Waals surface area contributed by atoms with Crippen molar-refractivity contribution in [3.8, 4) is 0 Å². The SMILES string of the molecule is CCCC1CCN(c2ccc(Cl)cc2CNCC)CC1. The molecule has 0 amide bonds. The van der Waals surface area contributed by atoms with Gasteiger partial charge < -0.3 is 10.2 Å². The molecule has 1 saturated heterocycles. The van der Waals surface area contributed by atoms with Gasteiger partial charge in [-0.1, -0.05) is 38.3 Å². The van der Waals surface area contributed by atoms with Crippen LogP contribution in [-0.2, 0) is 6.54 Å². The van der Waals surface area contributed by atoms with E-state index in [2.05, 4.69) is 36.2 Å². The van der Waals surface area contributed by atoms with E-state index in [1.165, 1.54) is 50.0 Å². The molecular weight excluding hydrogens is 268 g/mol. The molecule has 1 aliphatic rings. The number of halogens is 1. The molecule has 0 bridgehead atoms. The zero-order valence-corrected chi connectivity index (χ0v) is 13.5. The van der Waals surface area contributed by atoms with E-state index in [0.717, 1.165) is 24.0 Å². The van der Waals surface area contributed by atoms with Gasteiger partial charge in [0.15, 0.2) is 0 Å². The Bertz CT molecular complexity index is 411. The molecule has 0 spiro atoms. The molecule has 1 heterocycles. The Morgan fingerprint density at radius 3 is 2.65 bits per heavy atom. The van der Waals surface area contributed by atoms with E-state index in [0.29, 0.717) is 0 Å². The van der Waals surface area contributed by atoms with Gasteiger partial charge in [-0.05, 0) is 49.1 Å². The van der Waals surface area contributed by atoms with Crippen LogP contribution in [0.4, 0.5) is 5.69 Å². The van der Waals surface area contributed by atoms with E-state index in [1.807, 2.05) is 6.07 Å². The fourth-order valence-corrected chi connectivity index (χ4v) is 3.33. The first-order valence-corrected chi connectivity index (χ1v) is 8.36. The van der Waals surface area contributed by atoms with Gasteiger partial charge in [-0.3, -0.25) is 0 Å². The van der Waals surface area contributed by atoms with Gasteiger partial charge in [-0.15, -0.1) is 0 Å². The van der Waals surface area contributed by atoms with Crippen molar-refractivity contribution in [1.29, 1.82) is 0 Å². The molecule has 0 atom stereocenters. The highest BCUT2D eigenvalue weighted by Crippen LogP contribution is 2.30. The molecule has 1 fully saturated rings. The minimum atomic E-state index is 0.836. The molecule has 0 saturated carbocycles. The number of nitrogens with zero attached hydrogens (tertiary/aromatic N) is 1. The Morgan fingerprint density at radius 1 is 1.25 bits per heavy atom. The maximum atomic E-state index is 6.15. The topological polar surface area (TPSA) is 15.3 Å². The van der Waals surface area contributed by atoms with E-state index in [4.69, 9.17) is 11.6 Å². The maximum Gasteiger partial charge on any atom is 0.0412 e. The zero-order chi connectivity index (χ0) is 14.4. The van der Waals surface area contributed by atoms with Crippen LogP contribution in [0.3, 0.4) is 0 Å². The van der Waals surface area contributed by atoms with Crippen molar-refractivity contribution in [1.82, 2.24) is 5.32 Å². The van der Waals surface area contributed by atoms with E-state index in [-0.39, 0.29) is 0 Å². The second kappa shape index (κ2) is 7.90. The summed E-state index contributed by atoms with van der Waals surface area (Å²) in [7, 11) is 0. The normalized spacial score (nSPS) is 16.6. The standard InChI is InChI=1S/C17H27ClN2/c1-3-5-14-8-10-20(11-9-14)17-7-6-16(18)12-15(17)13-19-4-2/h6-7,12,14,19H,3-5,8-11,13H2,1-2H3. The number of piperidine rings is 1. The van der Waals surface area contributed by atoms with Crippen LogP contribution in [0.25, 0.3) is 0 Å². The number of hydrogen-bond acceptors (Lipinski definition) is 2. The lowest BCUT2D eigenvalue weighted by Gasteiger charge is -2.35. The average molecular weight is 295 g/mol. The van der Waals surface area contributed by atoms with Gasteiger partial charge in [0.2, 0.25) is 0 Å². The Labute approximate surface area is 128 Å². The van der Waals surface area contributed by atoms with Crippen molar-refractivity contribution in [3.63, 3.8) is 0 Å². The van der Waals surface area contributed by atoms with Crippen molar-refractivity contribution in [2.24, 2.45) is 5.92 Å². The van der Waals surface area contributed by atoms with Gasteiger partial charge in [0.25, 0.3) is 0 Å². The minimum absolute atomic E-state index is 0.836. The maximum absolute atomic E-state index is 6.15. The van der Waals surface area contributed by atoms with Gasteiger partial charge in [0, 0.05) is 30.3 Å². The summed E-state index contributed by atoms with van der Waals surface area (Å²) in [5.41, 5.74) is 2.69. The van der Waals surface area contributed by atoms with E-state index < -0.39 is 0 Å². The third-order valence-electron chi connectivity index (χ3n) is 4.26. The Kier molecular flexibility index (Phi) is 6.18. The molecular formula is C17H27ClN2. The second-order valence-electron chi connectivity index (χ2n) is 5.77. The van der Waals surface area contributed by atoms with Crippen LogP contribution < -0.4 is 10.2 Å². The third-order valence-corrected chi connectivity index (χ3v) is 4.49. The third kappa shape index (κ3) is 4.13. The fraction of sp³-hybridized carbons (Fsp3) is 0.647. The van der Waals surface area contributed by atoms with Gasteiger partial charge in [-0.2, -0.15) is 0 Å². The van der Waals surface area contributed by atoms with Crippen molar-refractivity contribution < 1.29 is 0 Å². The molecule has 20 heavy (non-hydrogen) atoms. The zero-order valence-electron chi connectivity index (χ0n) is 12.8. The van der Waals surface area contributed by atoms with Crippen LogP contribution in [0.2, 0.25) is 5.02 Å². The molecule has 0 unspecified atom stereocenters. The monoisotopic (exact) mass is 294 g/mol. The number of rotatable bonds is 6. The van der Waals surface area contributed by atoms with Crippen LogP contribution in [0.1, 0.15) is 45.1 Å². The summed E-state index contributed by atoms with van der Waals surface area (Å²) in [5, 5.41) is 4.25. The van der Waals surface area contributed by atoms with Crippen molar-refractivity contribution in [2.45, 2.75) is 46.1 Å². The lowest BCUT2D eigenvalue weighted by Crippen LogP contribution is -2.34. The van der Waals surface area contributed by atoms with E-state index >= 15 is 0 Å². The molecule has 2 nitrogen and oxygen atoms in total. The van der Waals surface area contributed by atoms with Crippen LogP contribution in [-0.4, -0.2) is 19.6 Å². The molecule has 1 N–H and O–H groups in total. The van der Waals surface area contributed by atoms with Crippen LogP contribution in [0, 0.1) is 5.92 Å². The lowest BCUT2D eigenvalue weighted by atomic mass is 9.92. The molecule has 0 radical (unpaired) electrons. The summed E-state index contributed by atoms with van der Waals surface area (Å²) < 4.78 is 0. The number of hydrogen-bond donors (Lipinski definition) is 1. The van der Waals surface area contributed by atoms with E-state index in [9.17, 15) is 0 Å². The highest BCUT2D eigenvalue weighted by Gasteiger charge is 2.20. The first-order chi connectivity index (χ1) is 9.74. The highest BCUT2D eigenvalue weighted by molar-refractivity contribution is 6.30. The van der Waals surface area contributed by atoms with Crippen molar-refractivity contribution in [2.75, 3.05) is 24.5 Å². The molecule has 1 aromatic carbocycles. The summed E-state index contributed by atoms with van der Waals surface area (Å²) in [6, 6.07) is 6.32.